The zero-order chi connectivity index (χ0) is 14.9. The molecule has 0 fully saturated rings. The van der Waals surface area contributed by atoms with Gasteiger partial charge in [-0.25, -0.2) is 9.37 Å². The first-order chi connectivity index (χ1) is 9.38. The summed E-state index contributed by atoms with van der Waals surface area (Å²) in [6.07, 6.45) is 1.32. The van der Waals surface area contributed by atoms with Crippen LogP contribution >= 0.6 is 15.9 Å². The molecule has 2 rings (SSSR count). The highest BCUT2D eigenvalue weighted by Gasteiger charge is 2.12. The van der Waals surface area contributed by atoms with Gasteiger partial charge in [-0.3, -0.25) is 19.5 Å². The third-order valence-electron chi connectivity index (χ3n) is 2.66. The highest BCUT2D eigenvalue weighted by molar-refractivity contribution is 9.10. The molecule has 0 bridgehead atoms. The summed E-state index contributed by atoms with van der Waals surface area (Å²) in [4.78, 5) is 25.9. The van der Waals surface area contributed by atoms with Gasteiger partial charge in [0.2, 0.25) is 0 Å². The summed E-state index contributed by atoms with van der Waals surface area (Å²) in [5, 5.41) is 10.7. The standard InChI is InChI=1S/C12H9BrFN3O3/c1-7-11(13)12(18)16(6-15-7)5-8-2-9(14)4-10(3-8)17(19)20/h2-4,6H,5H2,1H3. The van der Waals surface area contributed by atoms with Gasteiger partial charge in [0.25, 0.3) is 11.2 Å². The minimum absolute atomic E-state index is 0.00329. The number of nitro benzene ring substituents is 1. The molecule has 0 saturated carbocycles. The summed E-state index contributed by atoms with van der Waals surface area (Å²) in [5.74, 6) is -0.721. The van der Waals surface area contributed by atoms with Crippen LogP contribution in [-0.4, -0.2) is 14.5 Å². The van der Waals surface area contributed by atoms with Crippen LogP contribution in [0.2, 0.25) is 0 Å². The van der Waals surface area contributed by atoms with Crippen LogP contribution in [-0.2, 0) is 6.54 Å². The highest BCUT2D eigenvalue weighted by Crippen LogP contribution is 2.17. The summed E-state index contributed by atoms with van der Waals surface area (Å²) < 4.78 is 14.9. The second-order valence-electron chi connectivity index (χ2n) is 4.15. The van der Waals surface area contributed by atoms with E-state index in [2.05, 4.69) is 20.9 Å². The Labute approximate surface area is 121 Å². The Balaban J connectivity index is 2.43. The molecule has 0 saturated heterocycles. The van der Waals surface area contributed by atoms with Gasteiger partial charge in [-0.05, 0) is 34.5 Å². The van der Waals surface area contributed by atoms with Crippen molar-refractivity contribution in [2.75, 3.05) is 0 Å². The largest absolute Gasteiger partial charge is 0.294 e. The maximum atomic E-state index is 13.3. The summed E-state index contributed by atoms with van der Waals surface area (Å²) in [6.45, 7) is 1.67. The molecule has 8 heteroatoms. The third kappa shape index (κ3) is 2.90. The monoisotopic (exact) mass is 341 g/mol. The van der Waals surface area contributed by atoms with E-state index >= 15 is 0 Å². The Kier molecular flexibility index (Phi) is 3.93. The van der Waals surface area contributed by atoms with E-state index in [0.717, 1.165) is 12.1 Å². The predicted octanol–water partition coefficient (Wildman–Crippen LogP) is 2.41. The summed E-state index contributed by atoms with van der Waals surface area (Å²) in [7, 11) is 0. The van der Waals surface area contributed by atoms with Crippen LogP contribution in [0.1, 0.15) is 11.3 Å². The molecule has 0 unspecified atom stereocenters. The van der Waals surface area contributed by atoms with Crippen molar-refractivity contribution in [1.82, 2.24) is 9.55 Å². The van der Waals surface area contributed by atoms with Gasteiger partial charge in [-0.15, -0.1) is 0 Å². The lowest BCUT2D eigenvalue weighted by atomic mass is 10.2. The molecule has 1 aromatic carbocycles. The predicted molar refractivity (Wildman–Crippen MR) is 73.1 cm³/mol. The average Bonchev–Trinajstić information content (AvgIpc) is 2.39. The zero-order valence-electron chi connectivity index (χ0n) is 10.3. The first-order valence-electron chi connectivity index (χ1n) is 5.54. The first-order valence-corrected chi connectivity index (χ1v) is 6.33. The molecular weight excluding hydrogens is 333 g/mol. The lowest BCUT2D eigenvalue weighted by Crippen LogP contribution is -2.22. The van der Waals surface area contributed by atoms with Crippen LogP contribution in [0.5, 0.6) is 0 Å². The number of non-ortho nitro benzene ring substituents is 1. The minimum Gasteiger partial charge on any atom is -0.294 e. The first kappa shape index (κ1) is 14.3. The van der Waals surface area contributed by atoms with Crippen molar-refractivity contribution in [3.8, 4) is 0 Å². The van der Waals surface area contributed by atoms with Gasteiger partial charge in [0, 0.05) is 6.07 Å². The second kappa shape index (κ2) is 5.49. The number of hydrogen-bond acceptors (Lipinski definition) is 4. The van der Waals surface area contributed by atoms with Gasteiger partial charge in [-0.1, -0.05) is 0 Å². The van der Waals surface area contributed by atoms with Crippen LogP contribution in [0.4, 0.5) is 10.1 Å². The molecule has 1 aromatic heterocycles. The number of nitrogens with zero attached hydrogens (tertiary/aromatic N) is 3. The number of nitro groups is 1. The van der Waals surface area contributed by atoms with Gasteiger partial charge >= 0.3 is 0 Å². The molecule has 0 atom stereocenters. The van der Waals surface area contributed by atoms with Crippen LogP contribution in [0.25, 0.3) is 0 Å². The molecule has 0 aliphatic rings. The Morgan fingerprint density at radius 3 is 2.80 bits per heavy atom. The van der Waals surface area contributed by atoms with E-state index in [1.165, 1.54) is 17.0 Å². The average molecular weight is 342 g/mol. The number of aryl methyl sites for hydroxylation is 1. The molecule has 104 valence electrons. The number of halogens is 2. The quantitative estimate of drug-likeness (QED) is 0.634. The zero-order valence-corrected chi connectivity index (χ0v) is 11.9. The molecule has 20 heavy (non-hydrogen) atoms. The maximum absolute atomic E-state index is 13.3. The van der Waals surface area contributed by atoms with Gasteiger partial charge < -0.3 is 0 Å². The lowest BCUT2D eigenvalue weighted by Gasteiger charge is -2.07. The van der Waals surface area contributed by atoms with E-state index in [1.54, 1.807) is 6.92 Å². The van der Waals surface area contributed by atoms with Crippen molar-refractivity contribution in [2.24, 2.45) is 0 Å². The Morgan fingerprint density at radius 2 is 2.15 bits per heavy atom. The molecule has 0 aliphatic heterocycles. The van der Waals surface area contributed by atoms with E-state index in [9.17, 15) is 19.3 Å². The molecule has 0 aliphatic carbocycles. The molecule has 0 amide bonds. The molecule has 1 heterocycles. The van der Waals surface area contributed by atoms with Crippen molar-refractivity contribution in [3.63, 3.8) is 0 Å². The molecule has 2 aromatic rings. The third-order valence-corrected chi connectivity index (χ3v) is 3.58. The van der Waals surface area contributed by atoms with Gasteiger partial charge in [0.15, 0.2) is 0 Å². The molecule has 6 nitrogen and oxygen atoms in total. The SMILES string of the molecule is Cc1ncn(Cc2cc(F)cc([N+](=O)[O-])c2)c(=O)c1Br. The van der Waals surface area contributed by atoms with Crippen LogP contribution in [0, 0.1) is 22.9 Å². The lowest BCUT2D eigenvalue weighted by molar-refractivity contribution is -0.385. The minimum atomic E-state index is -0.721. The summed E-state index contributed by atoms with van der Waals surface area (Å²) in [6, 6.07) is 3.20. The molecule has 0 N–H and O–H groups in total. The maximum Gasteiger partial charge on any atom is 0.272 e. The molecule has 0 spiro atoms. The van der Waals surface area contributed by atoms with Crippen molar-refractivity contribution >= 4 is 21.6 Å². The fourth-order valence-corrected chi connectivity index (χ4v) is 2.02. The normalized spacial score (nSPS) is 10.6. The number of benzene rings is 1. The topological polar surface area (TPSA) is 78.0 Å². The number of hydrogen-bond donors (Lipinski definition) is 0. The fourth-order valence-electron chi connectivity index (χ4n) is 1.69. The fraction of sp³-hybridized carbons (Fsp3) is 0.167. The van der Waals surface area contributed by atoms with Crippen molar-refractivity contribution in [1.29, 1.82) is 0 Å². The Hall–Kier alpha value is -2.09. The van der Waals surface area contributed by atoms with Crippen molar-refractivity contribution in [3.05, 3.63) is 66.5 Å². The van der Waals surface area contributed by atoms with Gasteiger partial charge in [0.1, 0.15) is 10.3 Å². The van der Waals surface area contributed by atoms with Crippen LogP contribution in [0.15, 0.2) is 33.8 Å². The van der Waals surface area contributed by atoms with Crippen LogP contribution in [0.3, 0.4) is 0 Å². The van der Waals surface area contributed by atoms with Gasteiger partial charge in [-0.2, -0.15) is 0 Å². The summed E-state index contributed by atoms with van der Waals surface area (Å²) >= 11 is 3.12. The Bertz CT molecular complexity index is 745. The molecular formula is C12H9BrFN3O3. The Morgan fingerprint density at radius 1 is 1.45 bits per heavy atom. The van der Waals surface area contributed by atoms with E-state index in [1.807, 2.05) is 0 Å². The van der Waals surface area contributed by atoms with Crippen LogP contribution < -0.4 is 5.56 Å². The highest BCUT2D eigenvalue weighted by atomic mass is 79.9. The van der Waals surface area contributed by atoms with Crippen molar-refractivity contribution < 1.29 is 9.31 Å². The van der Waals surface area contributed by atoms with Gasteiger partial charge in [0.05, 0.1) is 29.6 Å². The van der Waals surface area contributed by atoms with E-state index in [4.69, 9.17) is 0 Å². The second-order valence-corrected chi connectivity index (χ2v) is 4.94. The molecule has 0 radical (unpaired) electrons. The smallest absolute Gasteiger partial charge is 0.272 e. The van der Waals surface area contributed by atoms with Crippen molar-refractivity contribution in [2.45, 2.75) is 13.5 Å². The van der Waals surface area contributed by atoms with E-state index in [-0.39, 0.29) is 17.8 Å². The number of aromatic nitrogens is 2. The van der Waals surface area contributed by atoms with E-state index in [0.29, 0.717) is 15.7 Å². The van der Waals surface area contributed by atoms with E-state index < -0.39 is 10.7 Å². The summed E-state index contributed by atoms with van der Waals surface area (Å²) in [5.41, 5.74) is 0.171. The number of rotatable bonds is 3.